The summed E-state index contributed by atoms with van der Waals surface area (Å²) in [6.07, 6.45) is 0.929. The fourth-order valence-corrected chi connectivity index (χ4v) is 1.64. The number of nitrogens with zero attached hydrogens (tertiary/aromatic N) is 2. The van der Waals surface area contributed by atoms with Gasteiger partial charge in [-0.25, -0.2) is 0 Å². The summed E-state index contributed by atoms with van der Waals surface area (Å²) in [5.41, 5.74) is 0.412. The second kappa shape index (κ2) is 6.72. The van der Waals surface area contributed by atoms with Crippen LogP contribution >= 0.6 is 0 Å². The summed E-state index contributed by atoms with van der Waals surface area (Å²) in [4.78, 5) is 10.4. The summed E-state index contributed by atoms with van der Waals surface area (Å²) in [7, 11) is 0. The Hall–Kier alpha value is -1.93. The molecule has 0 aliphatic heterocycles. The smallest absolute Gasteiger partial charge is 0.275 e. The van der Waals surface area contributed by atoms with Crippen molar-refractivity contribution in [3.63, 3.8) is 0 Å². The zero-order valence-corrected chi connectivity index (χ0v) is 10.6. The van der Waals surface area contributed by atoms with Gasteiger partial charge in [0.25, 0.3) is 5.69 Å². The van der Waals surface area contributed by atoms with Gasteiger partial charge in [-0.1, -0.05) is 26.0 Å². The largest absolute Gasteiger partial charge is 0.298 e. The first-order valence-corrected chi connectivity index (χ1v) is 5.92. The van der Waals surface area contributed by atoms with Crippen molar-refractivity contribution in [3.8, 4) is 6.07 Å². The molecular weight excluding hydrogens is 230 g/mol. The van der Waals surface area contributed by atoms with Crippen LogP contribution in [0.25, 0.3) is 0 Å². The summed E-state index contributed by atoms with van der Waals surface area (Å²) in [6, 6.07) is 7.78. The lowest BCUT2D eigenvalue weighted by molar-refractivity contribution is -0.385. The molecule has 1 aromatic carbocycles. The second-order valence-electron chi connectivity index (χ2n) is 4.51. The molecule has 0 amide bonds. The molecule has 0 fully saturated rings. The average molecular weight is 247 g/mol. The van der Waals surface area contributed by atoms with Crippen LogP contribution in [0.15, 0.2) is 24.3 Å². The monoisotopic (exact) mass is 247 g/mol. The van der Waals surface area contributed by atoms with Crippen LogP contribution in [0.2, 0.25) is 0 Å². The van der Waals surface area contributed by atoms with E-state index in [9.17, 15) is 10.1 Å². The first-order chi connectivity index (χ1) is 8.56. The Morgan fingerprint density at radius 2 is 2.11 bits per heavy atom. The molecule has 1 atom stereocenters. The zero-order valence-electron chi connectivity index (χ0n) is 10.6. The van der Waals surface area contributed by atoms with Gasteiger partial charge < -0.3 is 0 Å². The molecule has 0 aromatic heterocycles. The van der Waals surface area contributed by atoms with Crippen molar-refractivity contribution < 1.29 is 4.92 Å². The molecule has 0 heterocycles. The van der Waals surface area contributed by atoms with Gasteiger partial charge in [0.1, 0.15) is 6.04 Å². The maximum Gasteiger partial charge on any atom is 0.275 e. The number of nitro benzene ring substituents is 1. The Morgan fingerprint density at radius 3 is 2.67 bits per heavy atom. The van der Waals surface area contributed by atoms with E-state index in [2.05, 4.69) is 25.2 Å². The van der Waals surface area contributed by atoms with E-state index in [1.165, 1.54) is 6.07 Å². The summed E-state index contributed by atoms with van der Waals surface area (Å²) in [5.74, 6) is 0.530. The maximum absolute atomic E-state index is 10.9. The Balaban J connectivity index is 2.83. The number of benzene rings is 1. The molecule has 0 aliphatic rings. The van der Waals surface area contributed by atoms with Gasteiger partial charge in [0.15, 0.2) is 0 Å². The third-order valence-corrected chi connectivity index (χ3v) is 2.64. The number of nitriles is 1. The van der Waals surface area contributed by atoms with Gasteiger partial charge in [-0.05, 0) is 24.9 Å². The molecule has 0 bridgehead atoms. The van der Waals surface area contributed by atoms with Crippen LogP contribution < -0.4 is 5.32 Å². The molecule has 0 saturated carbocycles. The van der Waals surface area contributed by atoms with Crippen molar-refractivity contribution in [2.75, 3.05) is 6.54 Å². The van der Waals surface area contributed by atoms with Crippen LogP contribution in [-0.2, 0) is 0 Å². The molecule has 0 radical (unpaired) electrons. The fourth-order valence-electron chi connectivity index (χ4n) is 1.64. The fraction of sp³-hybridized carbons (Fsp3) is 0.462. The summed E-state index contributed by atoms with van der Waals surface area (Å²) < 4.78 is 0. The van der Waals surface area contributed by atoms with Crippen molar-refractivity contribution in [2.45, 2.75) is 26.3 Å². The topological polar surface area (TPSA) is 79.0 Å². The van der Waals surface area contributed by atoms with E-state index < -0.39 is 11.0 Å². The molecule has 1 unspecified atom stereocenters. The Morgan fingerprint density at radius 1 is 1.44 bits per heavy atom. The quantitative estimate of drug-likeness (QED) is 0.619. The standard InChI is InChI=1S/C13H17N3O2/c1-10(2)7-8-15-12(9-14)11-5-3-4-6-13(11)16(17)18/h3-6,10,12,15H,7-8H2,1-2H3. The first-order valence-electron chi connectivity index (χ1n) is 5.92. The number of hydrogen-bond acceptors (Lipinski definition) is 4. The predicted molar refractivity (Wildman–Crippen MR) is 68.9 cm³/mol. The van der Waals surface area contributed by atoms with Gasteiger partial charge in [-0.15, -0.1) is 0 Å². The number of rotatable bonds is 6. The molecule has 1 N–H and O–H groups in total. The molecule has 5 nitrogen and oxygen atoms in total. The predicted octanol–water partition coefficient (Wildman–Crippen LogP) is 2.80. The molecule has 0 spiro atoms. The van der Waals surface area contributed by atoms with Crippen LogP contribution in [0.4, 0.5) is 5.69 Å². The molecule has 5 heteroatoms. The summed E-state index contributed by atoms with van der Waals surface area (Å²) in [6.45, 7) is 4.85. The lowest BCUT2D eigenvalue weighted by atomic mass is 10.0. The van der Waals surface area contributed by atoms with E-state index >= 15 is 0 Å². The van der Waals surface area contributed by atoms with Crippen molar-refractivity contribution in [3.05, 3.63) is 39.9 Å². The first kappa shape index (κ1) is 14.1. The van der Waals surface area contributed by atoms with Gasteiger partial charge in [-0.2, -0.15) is 5.26 Å². The molecule has 96 valence electrons. The van der Waals surface area contributed by atoms with Crippen molar-refractivity contribution in [2.24, 2.45) is 5.92 Å². The third-order valence-electron chi connectivity index (χ3n) is 2.64. The third kappa shape index (κ3) is 3.82. The van der Waals surface area contributed by atoms with Gasteiger partial charge in [0, 0.05) is 6.07 Å². The van der Waals surface area contributed by atoms with Crippen LogP contribution in [0.1, 0.15) is 31.9 Å². The van der Waals surface area contributed by atoms with Crippen molar-refractivity contribution in [1.82, 2.24) is 5.32 Å². The number of para-hydroxylation sites is 1. The summed E-state index contributed by atoms with van der Waals surface area (Å²) in [5, 5.41) is 23.1. The number of hydrogen-bond donors (Lipinski definition) is 1. The molecule has 0 aliphatic carbocycles. The minimum Gasteiger partial charge on any atom is -0.298 e. The molecular formula is C13H17N3O2. The minimum atomic E-state index is -0.634. The Labute approximate surface area is 107 Å². The van der Waals surface area contributed by atoms with E-state index in [1.54, 1.807) is 18.2 Å². The summed E-state index contributed by atoms with van der Waals surface area (Å²) >= 11 is 0. The van der Waals surface area contributed by atoms with Crippen molar-refractivity contribution >= 4 is 5.69 Å². The maximum atomic E-state index is 10.9. The lowest BCUT2D eigenvalue weighted by Crippen LogP contribution is -2.22. The van der Waals surface area contributed by atoms with Gasteiger partial charge in [0.2, 0.25) is 0 Å². The normalized spacial score (nSPS) is 12.1. The molecule has 1 aromatic rings. The minimum absolute atomic E-state index is 0.0129. The highest BCUT2D eigenvalue weighted by molar-refractivity contribution is 5.44. The molecule has 1 rings (SSSR count). The van der Waals surface area contributed by atoms with E-state index in [0.717, 1.165) is 6.42 Å². The van der Waals surface area contributed by atoms with E-state index in [4.69, 9.17) is 5.26 Å². The zero-order chi connectivity index (χ0) is 13.5. The van der Waals surface area contributed by atoms with E-state index in [-0.39, 0.29) is 5.69 Å². The highest BCUT2D eigenvalue weighted by Crippen LogP contribution is 2.24. The van der Waals surface area contributed by atoms with Crippen molar-refractivity contribution in [1.29, 1.82) is 5.26 Å². The van der Waals surface area contributed by atoms with Gasteiger partial charge in [-0.3, -0.25) is 15.4 Å². The Bertz CT molecular complexity index is 452. The van der Waals surface area contributed by atoms with Crippen LogP contribution in [0, 0.1) is 27.4 Å². The van der Waals surface area contributed by atoms with Crippen LogP contribution in [0.5, 0.6) is 0 Å². The second-order valence-corrected chi connectivity index (χ2v) is 4.51. The highest BCUT2D eigenvalue weighted by atomic mass is 16.6. The number of nitrogens with one attached hydrogen (secondary N) is 1. The number of nitro groups is 1. The SMILES string of the molecule is CC(C)CCNC(C#N)c1ccccc1[N+](=O)[O-]. The Kier molecular flexibility index (Phi) is 5.28. The van der Waals surface area contributed by atoms with E-state index in [1.807, 2.05) is 0 Å². The van der Waals surface area contributed by atoms with Gasteiger partial charge >= 0.3 is 0 Å². The lowest BCUT2D eigenvalue weighted by Gasteiger charge is -2.13. The van der Waals surface area contributed by atoms with Gasteiger partial charge in [0.05, 0.1) is 16.6 Å². The molecule has 18 heavy (non-hydrogen) atoms. The molecule has 0 saturated heterocycles. The van der Waals surface area contributed by atoms with Crippen LogP contribution in [0.3, 0.4) is 0 Å². The average Bonchev–Trinajstić information content (AvgIpc) is 2.34. The highest BCUT2D eigenvalue weighted by Gasteiger charge is 2.20. The van der Waals surface area contributed by atoms with E-state index in [0.29, 0.717) is 18.0 Å². The van der Waals surface area contributed by atoms with Crippen LogP contribution in [-0.4, -0.2) is 11.5 Å².